The number of nitrogens with one attached hydrogen (secondary N) is 1. The Kier molecular flexibility index (Phi) is 7.49. The summed E-state index contributed by atoms with van der Waals surface area (Å²) in [5, 5.41) is 2.86. The van der Waals surface area contributed by atoms with Gasteiger partial charge in [-0.15, -0.1) is 0 Å². The van der Waals surface area contributed by atoms with E-state index in [2.05, 4.69) is 5.32 Å². The van der Waals surface area contributed by atoms with Crippen LogP contribution in [0.5, 0.6) is 0 Å². The summed E-state index contributed by atoms with van der Waals surface area (Å²) in [7, 11) is 3.42. The number of aryl methyl sites for hydroxylation is 1. The maximum absolute atomic E-state index is 13.0. The maximum Gasteiger partial charge on any atom is 0.243 e. The molecule has 0 aliphatic carbocycles. The van der Waals surface area contributed by atoms with Crippen molar-refractivity contribution >= 4 is 17.5 Å². The first-order valence-corrected chi connectivity index (χ1v) is 8.93. The van der Waals surface area contributed by atoms with Gasteiger partial charge in [-0.05, 0) is 42.8 Å². The van der Waals surface area contributed by atoms with Crippen molar-refractivity contribution in [3.63, 3.8) is 0 Å². The number of nitrogens with zero attached hydrogens (tertiary/aromatic N) is 2. The number of rotatable bonds is 8. The van der Waals surface area contributed by atoms with Gasteiger partial charge in [-0.3, -0.25) is 14.5 Å². The molecule has 0 radical (unpaired) electrons. The van der Waals surface area contributed by atoms with Gasteiger partial charge < -0.3 is 10.2 Å². The summed E-state index contributed by atoms with van der Waals surface area (Å²) in [4.78, 5) is 27.8. The Morgan fingerprint density at radius 2 is 1.67 bits per heavy atom. The maximum atomic E-state index is 13.0. The number of benzene rings is 2. The van der Waals surface area contributed by atoms with E-state index in [0.717, 1.165) is 23.2 Å². The summed E-state index contributed by atoms with van der Waals surface area (Å²) in [5.74, 6) is -0.667. The van der Waals surface area contributed by atoms with Crippen LogP contribution < -0.4 is 5.32 Å². The van der Waals surface area contributed by atoms with Crippen LogP contribution in [0.25, 0.3) is 0 Å². The predicted octanol–water partition coefficient (Wildman–Crippen LogP) is 2.92. The van der Waals surface area contributed by atoms with E-state index in [1.165, 1.54) is 17.0 Å². The van der Waals surface area contributed by atoms with Gasteiger partial charge in [0.2, 0.25) is 11.8 Å². The lowest BCUT2D eigenvalue weighted by atomic mass is 10.1. The second-order valence-electron chi connectivity index (χ2n) is 6.61. The van der Waals surface area contributed by atoms with Crippen molar-refractivity contribution in [3.8, 4) is 0 Å². The minimum atomic E-state index is -0.284. The first-order chi connectivity index (χ1) is 12.9. The van der Waals surface area contributed by atoms with E-state index < -0.39 is 0 Å². The summed E-state index contributed by atoms with van der Waals surface area (Å²) < 4.78 is 13.0. The minimum Gasteiger partial charge on any atom is -0.335 e. The van der Waals surface area contributed by atoms with Gasteiger partial charge in [0.15, 0.2) is 0 Å². The molecule has 0 aliphatic rings. The van der Waals surface area contributed by atoms with Crippen LogP contribution in [0.2, 0.25) is 0 Å². The molecule has 0 bridgehead atoms. The van der Waals surface area contributed by atoms with Crippen LogP contribution in [0.1, 0.15) is 18.1 Å². The smallest absolute Gasteiger partial charge is 0.243 e. The molecule has 2 aromatic carbocycles. The third kappa shape index (κ3) is 6.49. The summed E-state index contributed by atoms with van der Waals surface area (Å²) in [6, 6.07) is 13.8. The van der Waals surface area contributed by atoms with Gasteiger partial charge >= 0.3 is 0 Å². The zero-order valence-electron chi connectivity index (χ0n) is 16.0. The van der Waals surface area contributed by atoms with Crippen LogP contribution in [0.4, 0.5) is 10.1 Å². The molecule has 144 valence electrons. The number of anilines is 1. The molecule has 0 fully saturated rings. The molecule has 6 heteroatoms. The topological polar surface area (TPSA) is 52.7 Å². The third-order valence-corrected chi connectivity index (χ3v) is 4.25. The summed E-state index contributed by atoms with van der Waals surface area (Å²) >= 11 is 0. The monoisotopic (exact) mass is 371 g/mol. The fourth-order valence-electron chi connectivity index (χ4n) is 2.75. The number of halogens is 1. The van der Waals surface area contributed by atoms with Gasteiger partial charge in [0.05, 0.1) is 13.1 Å². The summed E-state index contributed by atoms with van der Waals surface area (Å²) in [5.41, 5.74) is 2.75. The molecule has 2 rings (SSSR count). The van der Waals surface area contributed by atoms with Gasteiger partial charge in [0.25, 0.3) is 0 Å². The molecule has 0 heterocycles. The highest BCUT2D eigenvalue weighted by molar-refractivity contribution is 5.95. The summed E-state index contributed by atoms with van der Waals surface area (Å²) in [6.07, 6.45) is 0.819. The highest BCUT2D eigenvalue weighted by Crippen LogP contribution is 2.15. The summed E-state index contributed by atoms with van der Waals surface area (Å²) in [6.45, 7) is 2.71. The molecule has 0 spiro atoms. The van der Waals surface area contributed by atoms with E-state index >= 15 is 0 Å². The van der Waals surface area contributed by atoms with Crippen LogP contribution in [0.3, 0.4) is 0 Å². The Morgan fingerprint density at radius 1 is 1.00 bits per heavy atom. The van der Waals surface area contributed by atoms with Crippen LogP contribution in [-0.4, -0.2) is 48.8 Å². The predicted molar refractivity (Wildman–Crippen MR) is 105 cm³/mol. The standard InChI is InChI=1S/C21H26FN3O2/c1-4-17-7-5-6-8-19(17)23-20(26)14-25(3)21(27)15-24(2)13-16-9-11-18(22)12-10-16/h5-12H,4,13-15H2,1-3H3,(H,23,26). The van der Waals surface area contributed by atoms with Crippen molar-refractivity contribution in [1.29, 1.82) is 0 Å². The van der Waals surface area contributed by atoms with E-state index in [1.54, 1.807) is 19.2 Å². The third-order valence-electron chi connectivity index (χ3n) is 4.25. The van der Waals surface area contributed by atoms with Gasteiger partial charge in [-0.25, -0.2) is 4.39 Å². The van der Waals surface area contributed by atoms with E-state index in [9.17, 15) is 14.0 Å². The Morgan fingerprint density at radius 3 is 2.33 bits per heavy atom. The van der Waals surface area contributed by atoms with Crippen molar-refractivity contribution < 1.29 is 14.0 Å². The first-order valence-electron chi connectivity index (χ1n) is 8.93. The number of carbonyl (C=O) groups is 2. The second kappa shape index (κ2) is 9.83. The van der Waals surface area contributed by atoms with Crippen LogP contribution in [0.15, 0.2) is 48.5 Å². The van der Waals surface area contributed by atoms with Crippen molar-refractivity contribution in [2.24, 2.45) is 0 Å². The average Bonchev–Trinajstić information content (AvgIpc) is 2.63. The minimum absolute atomic E-state index is 0.0126. The normalized spacial score (nSPS) is 10.7. The van der Waals surface area contributed by atoms with Gasteiger partial charge in [-0.2, -0.15) is 0 Å². The van der Waals surface area contributed by atoms with Gasteiger partial charge in [-0.1, -0.05) is 37.3 Å². The lowest BCUT2D eigenvalue weighted by molar-refractivity contribution is -0.134. The number of likely N-dealkylation sites (N-methyl/N-ethyl adjacent to an activating group) is 2. The molecule has 27 heavy (non-hydrogen) atoms. The van der Waals surface area contributed by atoms with Crippen molar-refractivity contribution in [2.45, 2.75) is 19.9 Å². The van der Waals surface area contributed by atoms with Crippen molar-refractivity contribution in [3.05, 3.63) is 65.5 Å². The van der Waals surface area contributed by atoms with Crippen LogP contribution in [-0.2, 0) is 22.6 Å². The highest BCUT2D eigenvalue weighted by atomic mass is 19.1. The van der Waals surface area contributed by atoms with Crippen LogP contribution >= 0.6 is 0 Å². The number of para-hydroxylation sites is 1. The fourth-order valence-corrected chi connectivity index (χ4v) is 2.75. The molecule has 0 saturated carbocycles. The molecule has 5 nitrogen and oxygen atoms in total. The van der Waals surface area contributed by atoms with Crippen LogP contribution in [0, 0.1) is 5.82 Å². The second-order valence-corrected chi connectivity index (χ2v) is 6.61. The molecule has 0 aromatic heterocycles. The van der Waals surface area contributed by atoms with E-state index in [1.807, 2.05) is 43.1 Å². The molecule has 0 aliphatic heterocycles. The Hall–Kier alpha value is -2.73. The van der Waals surface area contributed by atoms with E-state index in [0.29, 0.717) is 6.54 Å². The largest absolute Gasteiger partial charge is 0.335 e. The lowest BCUT2D eigenvalue weighted by Crippen LogP contribution is -2.40. The molecule has 2 aromatic rings. The highest BCUT2D eigenvalue weighted by Gasteiger charge is 2.16. The molecule has 1 N–H and O–H groups in total. The van der Waals surface area contributed by atoms with Crippen molar-refractivity contribution in [2.75, 3.05) is 32.5 Å². The zero-order chi connectivity index (χ0) is 19.8. The Labute approximate surface area is 159 Å². The molecule has 0 unspecified atom stereocenters. The lowest BCUT2D eigenvalue weighted by Gasteiger charge is -2.22. The number of hydrogen-bond donors (Lipinski definition) is 1. The molecule has 0 atom stereocenters. The van der Waals surface area contributed by atoms with E-state index in [4.69, 9.17) is 0 Å². The Bertz CT molecular complexity index is 777. The SMILES string of the molecule is CCc1ccccc1NC(=O)CN(C)C(=O)CN(C)Cc1ccc(F)cc1. The molecule has 0 saturated heterocycles. The molecular weight excluding hydrogens is 345 g/mol. The molecular formula is C21H26FN3O2. The number of hydrogen-bond acceptors (Lipinski definition) is 3. The Balaban J connectivity index is 1.83. The molecule has 2 amide bonds. The average molecular weight is 371 g/mol. The van der Waals surface area contributed by atoms with Crippen molar-refractivity contribution in [1.82, 2.24) is 9.80 Å². The quantitative estimate of drug-likeness (QED) is 0.776. The number of amides is 2. The zero-order valence-corrected chi connectivity index (χ0v) is 16.0. The fraction of sp³-hybridized carbons (Fsp3) is 0.333. The first kappa shape index (κ1) is 20.6. The van der Waals surface area contributed by atoms with E-state index in [-0.39, 0.29) is 30.7 Å². The van der Waals surface area contributed by atoms with Gasteiger partial charge in [0, 0.05) is 19.3 Å². The number of carbonyl (C=O) groups excluding carboxylic acids is 2. The van der Waals surface area contributed by atoms with Gasteiger partial charge in [0.1, 0.15) is 5.82 Å².